The molecule has 0 aromatic heterocycles. The fourth-order valence-corrected chi connectivity index (χ4v) is 4.98. The van der Waals surface area contributed by atoms with Gasteiger partial charge in [-0.15, -0.1) is 0 Å². The fraction of sp³-hybridized carbons (Fsp3) is 0.455. The summed E-state index contributed by atoms with van der Waals surface area (Å²) in [5.74, 6) is 1.46. The first-order chi connectivity index (χ1) is 14.4. The van der Waals surface area contributed by atoms with Crippen molar-refractivity contribution >= 4 is 15.9 Å². The van der Waals surface area contributed by atoms with Gasteiger partial charge in [-0.05, 0) is 43.4 Å². The van der Waals surface area contributed by atoms with Crippen LogP contribution in [0.25, 0.3) is 0 Å². The standard InChI is InChI=1S/C22H29N3O4S/c1-28-21-11-10-18(15-22(21)29-20-8-5-9-20)24-12-13-25(30(23,26)27)19(16-24)14-17-6-3-2-4-7-17/h2-4,6-7,10-11,15,19-20H,5,8-9,12-14,16H2,1H3,(H2,23,26,27)/t19-/m0/s1. The number of hydrogen-bond donors (Lipinski definition) is 1. The van der Waals surface area contributed by atoms with Crippen molar-refractivity contribution in [1.82, 2.24) is 4.31 Å². The Kier molecular flexibility index (Phi) is 6.17. The third kappa shape index (κ3) is 4.71. The first kappa shape index (κ1) is 21.0. The predicted octanol–water partition coefficient (Wildman–Crippen LogP) is 2.56. The lowest BCUT2D eigenvalue weighted by Crippen LogP contribution is -2.57. The van der Waals surface area contributed by atoms with Gasteiger partial charge in [-0.25, -0.2) is 5.14 Å². The number of benzene rings is 2. The second kappa shape index (κ2) is 8.83. The van der Waals surface area contributed by atoms with E-state index in [0.717, 1.165) is 35.6 Å². The minimum Gasteiger partial charge on any atom is -0.493 e. The first-order valence-electron chi connectivity index (χ1n) is 10.4. The maximum atomic E-state index is 12.2. The van der Waals surface area contributed by atoms with Gasteiger partial charge in [0.1, 0.15) is 0 Å². The number of piperazine rings is 1. The van der Waals surface area contributed by atoms with E-state index in [1.54, 1.807) is 7.11 Å². The molecule has 8 heteroatoms. The molecule has 1 atom stereocenters. The van der Waals surface area contributed by atoms with Crippen LogP contribution in [0.3, 0.4) is 0 Å². The molecule has 2 aromatic rings. The molecule has 0 spiro atoms. The number of ether oxygens (including phenoxy) is 2. The molecule has 30 heavy (non-hydrogen) atoms. The number of rotatable bonds is 7. The number of anilines is 1. The fourth-order valence-electron chi connectivity index (χ4n) is 4.08. The van der Waals surface area contributed by atoms with E-state index in [1.165, 1.54) is 10.7 Å². The molecule has 1 aliphatic carbocycles. The Balaban J connectivity index is 1.56. The quantitative estimate of drug-likeness (QED) is 0.728. The molecule has 1 saturated carbocycles. The highest BCUT2D eigenvalue weighted by Gasteiger charge is 2.34. The van der Waals surface area contributed by atoms with Crippen LogP contribution in [0, 0.1) is 0 Å². The van der Waals surface area contributed by atoms with E-state index in [9.17, 15) is 8.42 Å². The molecule has 4 rings (SSSR count). The summed E-state index contributed by atoms with van der Waals surface area (Å²) in [5.41, 5.74) is 2.08. The summed E-state index contributed by atoms with van der Waals surface area (Å²) in [6.45, 7) is 1.47. The van der Waals surface area contributed by atoms with Crippen molar-refractivity contribution in [2.75, 3.05) is 31.6 Å². The normalized spacial score (nSPS) is 20.6. The molecular weight excluding hydrogens is 402 g/mol. The van der Waals surface area contributed by atoms with Gasteiger partial charge in [-0.1, -0.05) is 30.3 Å². The molecule has 7 nitrogen and oxygen atoms in total. The Morgan fingerprint density at radius 2 is 1.83 bits per heavy atom. The number of hydrogen-bond acceptors (Lipinski definition) is 5. The van der Waals surface area contributed by atoms with Crippen LogP contribution in [0.1, 0.15) is 24.8 Å². The Hall–Kier alpha value is -2.29. The van der Waals surface area contributed by atoms with E-state index in [0.29, 0.717) is 26.1 Å². The Labute approximate surface area is 178 Å². The minimum atomic E-state index is -3.77. The van der Waals surface area contributed by atoms with Crippen molar-refractivity contribution in [1.29, 1.82) is 0 Å². The van der Waals surface area contributed by atoms with Crippen molar-refractivity contribution in [2.45, 2.75) is 37.8 Å². The van der Waals surface area contributed by atoms with Gasteiger partial charge in [0.2, 0.25) is 0 Å². The summed E-state index contributed by atoms with van der Waals surface area (Å²) in [7, 11) is -2.13. The highest BCUT2D eigenvalue weighted by atomic mass is 32.2. The summed E-state index contributed by atoms with van der Waals surface area (Å²) < 4.78 is 37.4. The van der Waals surface area contributed by atoms with Gasteiger partial charge >= 0.3 is 0 Å². The molecule has 2 N–H and O–H groups in total. The molecule has 2 aliphatic rings. The Bertz CT molecular complexity index is 964. The third-order valence-electron chi connectivity index (χ3n) is 5.93. The molecular formula is C22H29N3O4S. The van der Waals surface area contributed by atoms with E-state index in [-0.39, 0.29) is 12.1 Å². The summed E-state index contributed by atoms with van der Waals surface area (Å²) in [6.07, 6.45) is 4.19. The van der Waals surface area contributed by atoms with E-state index in [2.05, 4.69) is 4.90 Å². The van der Waals surface area contributed by atoms with Gasteiger partial charge in [0.15, 0.2) is 11.5 Å². The van der Waals surface area contributed by atoms with E-state index >= 15 is 0 Å². The van der Waals surface area contributed by atoms with Crippen molar-refractivity contribution in [3.63, 3.8) is 0 Å². The molecule has 0 bridgehead atoms. The highest BCUT2D eigenvalue weighted by molar-refractivity contribution is 7.86. The SMILES string of the molecule is COc1ccc(N2CCN(S(N)(=O)=O)[C@@H](Cc3ccccc3)C2)cc1OC1CCC1. The van der Waals surface area contributed by atoms with Crippen LogP contribution in [0.2, 0.25) is 0 Å². The molecule has 1 heterocycles. The molecule has 0 amide bonds. The number of nitrogens with zero attached hydrogens (tertiary/aromatic N) is 2. The van der Waals surface area contributed by atoms with Crippen LogP contribution >= 0.6 is 0 Å². The summed E-state index contributed by atoms with van der Waals surface area (Å²) >= 11 is 0. The summed E-state index contributed by atoms with van der Waals surface area (Å²) in [5, 5.41) is 5.52. The number of nitrogens with two attached hydrogens (primary N) is 1. The maximum absolute atomic E-state index is 12.2. The lowest BCUT2D eigenvalue weighted by Gasteiger charge is -2.41. The van der Waals surface area contributed by atoms with Crippen LogP contribution in [0.15, 0.2) is 48.5 Å². The van der Waals surface area contributed by atoms with Gasteiger partial charge in [0, 0.05) is 37.4 Å². The van der Waals surface area contributed by atoms with Crippen LogP contribution in [-0.2, 0) is 16.6 Å². The van der Waals surface area contributed by atoms with Gasteiger partial charge in [-0.2, -0.15) is 12.7 Å². The highest BCUT2D eigenvalue weighted by Crippen LogP contribution is 2.36. The second-order valence-corrected chi connectivity index (χ2v) is 9.45. The predicted molar refractivity (Wildman–Crippen MR) is 117 cm³/mol. The van der Waals surface area contributed by atoms with Crippen molar-refractivity contribution in [3.8, 4) is 11.5 Å². The average Bonchev–Trinajstić information content (AvgIpc) is 2.70. The van der Waals surface area contributed by atoms with Crippen LogP contribution < -0.4 is 19.5 Å². The van der Waals surface area contributed by atoms with Crippen LogP contribution in [-0.4, -0.2) is 51.6 Å². The maximum Gasteiger partial charge on any atom is 0.277 e. The van der Waals surface area contributed by atoms with Crippen molar-refractivity contribution in [2.24, 2.45) is 5.14 Å². The Morgan fingerprint density at radius 3 is 2.47 bits per heavy atom. The summed E-state index contributed by atoms with van der Waals surface area (Å²) in [6, 6.07) is 15.6. The molecule has 162 valence electrons. The van der Waals surface area contributed by atoms with Gasteiger partial charge in [-0.3, -0.25) is 0 Å². The molecule has 2 aromatic carbocycles. The zero-order chi connectivity index (χ0) is 21.1. The smallest absolute Gasteiger partial charge is 0.277 e. The zero-order valence-corrected chi connectivity index (χ0v) is 18.1. The average molecular weight is 432 g/mol. The zero-order valence-electron chi connectivity index (χ0n) is 17.2. The van der Waals surface area contributed by atoms with Crippen LogP contribution in [0.5, 0.6) is 11.5 Å². The molecule has 0 unspecified atom stereocenters. The molecule has 2 fully saturated rings. The molecule has 1 saturated heterocycles. The van der Waals surface area contributed by atoms with Gasteiger partial charge in [0.05, 0.1) is 13.2 Å². The largest absolute Gasteiger partial charge is 0.493 e. The molecule has 1 aliphatic heterocycles. The first-order valence-corrected chi connectivity index (χ1v) is 11.9. The lowest BCUT2D eigenvalue weighted by molar-refractivity contribution is 0.116. The Morgan fingerprint density at radius 1 is 1.07 bits per heavy atom. The topological polar surface area (TPSA) is 85.1 Å². The van der Waals surface area contributed by atoms with Crippen LogP contribution in [0.4, 0.5) is 5.69 Å². The molecule has 0 radical (unpaired) electrons. The van der Waals surface area contributed by atoms with E-state index < -0.39 is 10.2 Å². The van der Waals surface area contributed by atoms with E-state index in [4.69, 9.17) is 14.6 Å². The van der Waals surface area contributed by atoms with Gasteiger partial charge < -0.3 is 14.4 Å². The van der Waals surface area contributed by atoms with E-state index in [1.807, 2.05) is 48.5 Å². The van der Waals surface area contributed by atoms with Crippen molar-refractivity contribution < 1.29 is 17.9 Å². The lowest BCUT2D eigenvalue weighted by atomic mass is 9.96. The third-order valence-corrected chi connectivity index (χ3v) is 7.06. The van der Waals surface area contributed by atoms with Crippen molar-refractivity contribution in [3.05, 3.63) is 54.1 Å². The second-order valence-electron chi connectivity index (χ2n) is 7.95. The van der Waals surface area contributed by atoms with Gasteiger partial charge in [0.25, 0.3) is 10.2 Å². The number of methoxy groups -OCH3 is 1. The monoisotopic (exact) mass is 431 g/mol. The summed E-state index contributed by atoms with van der Waals surface area (Å²) in [4.78, 5) is 2.20. The minimum absolute atomic E-state index is 0.241.